The lowest BCUT2D eigenvalue weighted by Gasteiger charge is -2.30. The highest BCUT2D eigenvalue weighted by atomic mass is 35.5. The van der Waals surface area contributed by atoms with Gasteiger partial charge in [-0.3, -0.25) is 4.90 Å². The molecule has 1 saturated heterocycles. The van der Waals surface area contributed by atoms with Crippen molar-refractivity contribution in [2.24, 2.45) is 0 Å². The summed E-state index contributed by atoms with van der Waals surface area (Å²) in [6.07, 6.45) is 9.16. The highest BCUT2D eigenvalue weighted by Crippen LogP contribution is 2.38. The molecule has 0 radical (unpaired) electrons. The first-order valence-electron chi connectivity index (χ1n) is 5.64. The van der Waals surface area contributed by atoms with E-state index in [1.807, 2.05) is 0 Å². The first kappa shape index (κ1) is 10.2. The van der Waals surface area contributed by atoms with Gasteiger partial charge in [-0.25, -0.2) is 9.97 Å². The van der Waals surface area contributed by atoms with Crippen LogP contribution >= 0.6 is 11.6 Å². The Hall–Kier alpha value is -0.930. The lowest BCUT2D eigenvalue weighted by atomic mass is 9.99. The third kappa shape index (κ3) is 1.55. The number of rotatable bonds is 1. The van der Waals surface area contributed by atoms with Crippen LogP contribution in [0.1, 0.15) is 25.0 Å². The molecule has 2 aliphatic heterocycles. The van der Waals surface area contributed by atoms with Crippen LogP contribution < -0.4 is 0 Å². The summed E-state index contributed by atoms with van der Waals surface area (Å²) >= 11 is 6.13. The second kappa shape index (κ2) is 3.82. The van der Waals surface area contributed by atoms with Crippen LogP contribution in [-0.4, -0.2) is 34.0 Å². The van der Waals surface area contributed by atoms with E-state index in [-0.39, 0.29) is 0 Å². The average molecular weight is 236 g/mol. The standard InChI is InChI=1S/C12H14ClN3/c1-16-9-2-3-10(16)5-8(4-9)12-11(13)6-14-7-15-12/h4,6-7,9-10H,2-3,5H2,1H3. The smallest absolute Gasteiger partial charge is 0.116 e. The van der Waals surface area contributed by atoms with Crippen LogP contribution in [0.2, 0.25) is 5.02 Å². The van der Waals surface area contributed by atoms with Gasteiger partial charge in [0.1, 0.15) is 6.33 Å². The minimum absolute atomic E-state index is 0.569. The molecule has 16 heavy (non-hydrogen) atoms. The van der Waals surface area contributed by atoms with Gasteiger partial charge in [-0.15, -0.1) is 0 Å². The van der Waals surface area contributed by atoms with Gasteiger partial charge < -0.3 is 0 Å². The van der Waals surface area contributed by atoms with Crippen LogP contribution in [0, 0.1) is 0 Å². The molecule has 0 N–H and O–H groups in total. The van der Waals surface area contributed by atoms with Crippen molar-refractivity contribution < 1.29 is 0 Å². The topological polar surface area (TPSA) is 29.0 Å². The maximum absolute atomic E-state index is 6.13. The molecule has 1 aromatic heterocycles. The maximum atomic E-state index is 6.13. The molecule has 0 saturated carbocycles. The molecule has 0 aromatic carbocycles. The van der Waals surface area contributed by atoms with E-state index in [2.05, 4.69) is 28.0 Å². The number of aromatic nitrogens is 2. The fourth-order valence-corrected chi connectivity index (χ4v) is 2.99. The van der Waals surface area contributed by atoms with Crippen molar-refractivity contribution in [3.63, 3.8) is 0 Å². The van der Waals surface area contributed by atoms with Crippen LogP contribution in [0.3, 0.4) is 0 Å². The summed E-state index contributed by atoms with van der Waals surface area (Å²) in [5, 5.41) is 0.665. The molecule has 0 spiro atoms. The summed E-state index contributed by atoms with van der Waals surface area (Å²) in [6.45, 7) is 0. The summed E-state index contributed by atoms with van der Waals surface area (Å²) in [7, 11) is 2.21. The summed E-state index contributed by atoms with van der Waals surface area (Å²) in [5.74, 6) is 0. The average Bonchev–Trinajstić information content (AvgIpc) is 2.53. The lowest BCUT2D eigenvalue weighted by Crippen LogP contribution is -2.34. The van der Waals surface area contributed by atoms with Crippen molar-refractivity contribution in [3.8, 4) is 0 Å². The van der Waals surface area contributed by atoms with Gasteiger partial charge in [0, 0.05) is 18.3 Å². The second-order valence-electron chi connectivity index (χ2n) is 4.58. The maximum Gasteiger partial charge on any atom is 0.116 e. The van der Waals surface area contributed by atoms with Crippen molar-refractivity contribution in [3.05, 3.63) is 29.3 Å². The van der Waals surface area contributed by atoms with Crippen LogP contribution in [0.5, 0.6) is 0 Å². The molecule has 2 unspecified atom stereocenters. The number of fused-ring (bicyclic) bond motifs is 2. The van der Waals surface area contributed by atoms with Crippen LogP contribution in [0.25, 0.3) is 5.57 Å². The van der Waals surface area contributed by atoms with Gasteiger partial charge in [0.15, 0.2) is 0 Å². The Morgan fingerprint density at radius 3 is 3.06 bits per heavy atom. The van der Waals surface area contributed by atoms with E-state index in [1.165, 1.54) is 18.4 Å². The Bertz CT molecular complexity index is 444. The molecular formula is C12H14ClN3. The summed E-state index contributed by atoms with van der Waals surface area (Å²) in [5.41, 5.74) is 2.21. The van der Waals surface area contributed by atoms with E-state index in [1.54, 1.807) is 12.5 Å². The monoisotopic (exact) mass is 235 g/mol. The number of nitrogens with zero attached hydrogens (tertiary/aromatic N) is 3. The molecule has 0 aliphatic carbocycles. The molecule has 1 fully saturated rings. The molecule has 3 rings (SSSR count). The first-order valence-corrected chi connectivity index (χ1v) is 6.02. The Balaban J connectivity index is 1.98. The minimum Gasteiger partial charge on any atom is -0.297 e. The SMILES string of the molecule is CN1C2C=C(c3ncncc3Cl)CC1CC2. The fraction of sp³-hybridized carbons (Fsp3) is 0.500. The van der Waals surface area contributed by atoms with Crippen molar-refractivity contribution in [2.75, 3.05) is 7.05 Å². The van der Waals surface area contributed by atoms with Gasteiger partial charge in [0.25, 0.3) is 0 Å². The largest absolute Gasteiger partial charge is 0.297 e. The van der Waals surface area contributed by atoms with Crippen molar-refractivity contribution in [1.82, 2.24) is 14.9 Å². The zero-order valence-corrected chi connectivity index (χ0v) is 9.98. The predicted octanol–water partition coefficient (Wildman–Crippen LogP) is 2.38. The second-order valence-corrected chi connectivity index (χ2v) is 4.99. The Morgan fingerprint density at radius 2 is 2.31 bits per heavy atom. The van der Waals surface area contributed by atoms with Gasteiger partial charge >= 0.3 is 0 Å². The van der Waals surface area contributed by atoms with E-state index in [0.717, 1.165) is 12.1 Å². The zero-order chi connectivity index (χ0) is 11.1. The number of halogens is 1. The number of likely N-dealkylation sites (N-methyl/N-ethyl adjacent to an activating group) is 1. The van der Waals surface area contributed by atoms with Crippen molar-refractivity contribution in [2.45, 2.75) is 31.3 Å². The van der Waals surface area contributed by atoms with Crippen LogP contribution in [0.15, 0.2) is 18.6 Å². The summed E-state index contributed by atoms with van der Waals surface area (Å²) < 4.78 is 0. The van der Waals surface area contributed by atoms with Crippen molar-refractivity contribution in [1.29, 1.82) is 0 Å². The first-order chi connectivity index (χ1) is 7.75. The molecule has 3 heterocycles. The van der Waals surface area contributed by atoms with Gasteiger partial charge in [0.2, 0.25) is 0 Å². The molecule has 1 aromatic rings. The molecule has 0 amide bonds. The summed E-state index contributed by atoms with van der Waals surface area (Å²) in [6, 6.07) is 1.23. The zero-order valence-electron chi connectivity index (χ0n) is 9.23. The summed E-state index contributed by atoms with van der Waals surface area (Å²) in [4.78, 5) is 10.7. The Kier molecular flexibility index (Phi) is 2.45. The number of hydrogen-bond acceptors (Lipinski definition) is 3. The predicted molar refractivity (Wildman–Crippen MR) is 64.2 cm³/mol. The van der Waals surface area contributed by atoms with Crippen LogP contribution in [0.4, 0.5) is 0 Å². The fourth-order valence-electron chi connectivity index (χ4n) is 2.77. The molecule has 4 heteroatoms. The number of hydrogen-bond donors (Lipinski definition) is 0. The molecule has 84 valence electrons. The van der Waals surface area contributed by atoms with Gasteiger partial charge in [-0.05, 0) is 31.9 Å². The normalized spacial score (nSPS) is 29.2. The van der Waals surface area contributed by atoms with E-state index >= 15 is 0 Å². The third-order valence-corrected chi connectivity index (χ3v) is 3.99. The highest BCUT2D eigenvalue weighted by molar-refractivity contribution is 6.32. The van der Waals surface area contributed by atoms with Gasteiger partial charge in [-0.2, -0.15) is 0 Å². The lowest BCUT2D eigenvalue weighted by molar-refractivity contribution is 0.264. The van der Waals surface area contributed by atoms with Gasteiger partial charge in [-0.1, -0.05) is 17.7 Å². The Labute approximate surface area is 100 Å². The van der Waals surface area contributed by atoms with Crippen LogP contribution in [-0.2, 0) is 0 Å². The third-order valence-electron chi connectivity index (χ3n) is 3.72. The Morgan fingerprint density at radius 1 is 1.44 bits per heavy atom. The highest BCUT2D eigenvalue weighted by Gasteiger charge is 2.34. The van der Waals surface area contributed by atoms with E-state index in [0.29, 0.717) is 17.1 Å². The minimum atomic E-state index is 0.569. The van der Waals surface area contributed by atoms with Crippen molar-refractivity contribution >= 4 is 17.2 Å². The molecule has 2 atom stereocenters. The quantitative estimate of drug-likeness (QED) is 0.749. The molecule has 2 bridgehead atoms. The van der Waals surface area contributed by atoms with E-state index in [9.17, 15) is 0 Å². The van der Waals surface area contributed by atoms with E-state index in [4.69, 9.17) is 11.6 Å². The van der Waals surface area contributed by atoms with Gasteiger partial charge in [0.05, 0.1) is 10.7 Å². The molecular weight excluding hydrogens is 222 g/mol. The molecule has 2 aliphatic rings. The van der Waals surface area contributed by atoms with E-state index < -0.39 is 0 Å². The molecule has 3 nitrogen and oxygen atoms in total.